The summed E-state index contributed by atoms with van der Waals surface area (Å²) in [6, 6.07) is 18.5. The number of para-hydroxylation sites is 1. The van der Waals surface area contributed by atoms with Crippen molar-refractivity contribution in [3.63, 3.8) is 0 Å². The summed E-state index contributed by atoms with van der Waals surface area (Å²) in [5, 5.41) is 3.31. The molecule has 0 fully saturated rings. The lowest BCUT2D eigenvalue weighted by molar-refractivity contribution is -0.139. The maximum absolute atomic E-state index is 13.7. The Hall–Kier alpha value is -3.43. The van der Waals surface area contributed by atoms with Gasteiger partial charge in [0.05, 0.1) is 10.6 Å². The number of carbonyl (C=O) groups is 2. The van der Waals surface area contributed by atoms with Crippen LogP contribution in [0, 0.1) is 5.82 Å². The lowest BCUT2D eigenvalue weighted by Gasteiger charge is -2.32. The fraction of sp³-hybridized carbons (Fsp3) is 0.259. The largest absolute Gasteiger partial charge is 0.354 e. The molecule has 0 aliphatic carbocycles. The van der Waals surface area contributed by atoms with Crippen molar-refractivity contribution >= 4 is 39.1 Å². The quantitative estimate of drug-likeness (QED) is 0.381. The molecule has 0 spiro atoms. The number of benzene rings is 3. The summed E-state index contributed by atoms with van der Waals surface area (Å²) < 4.78 is 41.6. The van der Waals surface area contributed by atoms with E-state index in [1.165, 1.54) is 4.90 Å². The normalized spacial score (nSPS) is 12.0. The molecule has 0 saturated carbocycles. The van der Waals surface area contributed by atoms with E-state index in [2.05, 4.69) is 5.32 Å². The highest BCUT2D eigenvalue weighted by atomic mass is 35.5. The number of halogens is 2. The Kier molecular flexibility index (Phi) is 9.66. The third kappa shape index (κ3) is 7.30. The van der Waals surface area contributed by atoms with Gasteiger partial charge in [-0.3, -0.25) is 13.9 Å². The molecule has 3 aromatic rings. The van der Waals surface area contributed by atoms with E-state index in [0.717, 1.165) is 40.6 Å². The number of amides is 2. The van der Waals surface area contributed by atoms with Gasteiger partial charge in [0.15, 0.2) is 0 Å². The molecule has 0 aliphatic rings. The fourth-order valence-electron chi connectivity index (χ4n) is 3.62. The minimum atomic E-state index is -4.24. The van der Waals surface area contributed by atoms with Crippen LogP contribution in [0.5, 0.6) is 0 Å². The van der Waals surface area contributed by atoms with Gasteiger partial charge in [0, 0.05) is 18.1 Å². The van der Waals surface area contributed by atoms with Crippen molar-refractivity contribution in [1.29, 1.82) is 0 Å². The highest BCUT2D eigenvalue weighted by Crippen LogP contribution is 2.24. The summed E-state index contributed by atoms with van der Waals surface area (Å²) in [5.41, 5.74) is 0.982. The molecular weight excluding hydrogens is 517 g/mol. The maximum atomic E-state index is 13.7. The van der Waals surface area contributed by atoms with Crippen molar-refractivity contribution in [2.75, 3.05) is 17.4 Å². The number of hydrogen-bond donors (Lipinski definition) is 1. The minimum absolute atomic E-state index is 0.0654. The van der Waals surface area contributed by atoms with E-state index in [9.17, 15) is 22.4 Å². The number of sulfonamides is 1. The first-order valence-electron chi connectivity index (χ1n) is 11.8. The van der Waals surface area contributed by atoms with Crippen LogP contribution in [0.3, 0.4) is 0 Å². The Morgan fingerprint density at radius 2 is 1.59 bits per heavy atom. The molecule has 0 bridgehead atoms. The summed E-state index contributed by atoms with van der Waals surface area (Å²) in [5.74, 6) is -1.51. The van der Waals surface area contributed by atoms with Gasteiger partial charge in [-0.05, 0) is 67.4 Å². The molecule has 10 heteroatoms. The summed E-state index contributed by atoms with van der Waals surface area (Å²) in [7, 11) is -4.24. The van der Waals surface area contributed by atoms with Crippen LogP contribution in [0.1, 0.15) is 25.8 Å². The van der Waals surface area contributed by atoms with E-state index in [0.29, 0.717) is 11.6 Å². The second-order valence-corrected chi connectivity index (χ2v) is 10.7. The Balaban J connectivity index is 1.98. The maximum Gasteiger partial charge on any atom is 0.264 e. The van der Waals surface area contributed by atoms with Gasteiger partial charge in [-0.15, -0.1) is 0 Å². The van der Waals surface area contributed by atoms with Crippen LogP contribution < -0.4 is 9.62 Å². The predicted octanol–water partition coefficient (Wildman–Crippen LogP) is 4.62. The Morgan fingerprint density at radius 3 is 2.19 bits per heavy atom. The standard InChI is InChI=1S/C27H29ClFN3O4S/c1-3-17-30-27(34)20(2)31(18-21-9-11-22(28)12-10-21)26(33)19-32(24-7-5-4-6-8-24)37(35,36)25-15-13-23(29)14-16-25/h4-16,20H,3,17-19H2,1-2H3,(H,30,34). The van der Waals surface area contributed by atoms with Gasteiger partial charge < -0.3 is 10.2 Å². The molecule has 196 valence electrons. The first kappa shape index (κ1) is 28.1. The van der Waals surface area contributed by atoms with Crippen LogP contribution in [0.15, 0.2) is 83.8 Å². The third-order valence-corrected chi connectivity index (χ3v) is 7.75. The second-order valence-electron chi connectivity index (χ2n) is 8.42. The van der Waals surface area contributed by atoms with E-state index in [-0.39, 0.29) is 23.0 Å². The van der Waals surface area contributed by atoms with E-state index in [1.807, 2.05) is 6.92 Å². The summed E-state index contributed by atoms with van der Waals surface area (Å²) in [6.45, 7) is 3.46. The average Bonchev–Trinajstić information content (AvgIpc) is 2.90. The van der Waals surface area contributed by atoms with Crippen LogP contribution in [-0.4, -0.2) is 44.3 Å². The van der Waals surface area contributed by atoms with Crippen molar-refractivity contribution in [1.82, 2.24) is 10.2 Å². The lowest BCUT2D eigenvalue weighted by atomic mass is 10.1. The first-order valence-corrected chi connectivity index (χ1v) is 13.6. The summed E-state index contributed by atoms with van der Waals surface area (Å²) in [6.07, 6.45) is 0.724. The van der Waals surface area contributed by atoms with Crippen LogP contribution in [0.4, 0.5) is 10.1 Å². The number of hydrogen-bond acceptors (Lipinski definition) is 4. The molecule has 37 heavy (non-hydrogen) atoms. The molecule has 0 heterocycles. The number of nitrogens with one attached hydrogen (secondary N) is 1. The van der Waals surface area contributed by atoms with Crippen molar-refractivity contribution in [3.8, 4) is 0 Å². The van der Waals surface area contributed by atoms with E-state index in [4.69, 9.17) is 11.6 Å². The lowest BCUT2D eigenvalue weighted by Crippen LogP contribution is -2.51. The van der Waals surface area contributed by atoms with Crippen molar-refractivity contribution in [2.24, 2.45) is 0 Å². The Labute approximate surface area is 221 Å². The summed E-state index contributed by atoms with van der Waals surface area (Å²) >= 11 is 5.99. The minimum Gasteiger partial charge on any atom is -0.354 e. The molecule has 1 N–H and O–H groups in total. The van der Waals surface area contributed by atoms with E-state index < -0.39 is 34.3 Å². The predicted molar refractivity (Wildman–Crippen MR) is 142 cm³/mol. The van der Waals surface area contributed by atoms with E-state index >= 15 is 0 Å². The number of anilines is 1. The number of rotatable bonds is 11. The van der Waals surface area contributed by atoms with Crippen LogP contribution in [0.25, 0.3) is 0 Å². The molecule has 1 atom stereocenters. The van der Waals surface area contributed by atoms with Gasteiger partial charge >= 0.3 is 0 Å². The third-order valence-electron chi connectivity index (χ3n) is 5.71. The van der Waals surface area contributed by atoms with Gasteiger partial charge in [0.2, 0.25) is 11.8 Å². The van der Waals surface area contributed by atoms with Crippen molar-refractivity contribution < 1.29 is 22.4 Å². The summed E-state index contributed by atoms with van der Waals surface area (Å²) in [4.78, 5) is 27.7. The topological polar surface area (TPSA) is 86.8 Å². The molecule has 0 aromatic heterocycles. The van der Waals surface area contributed by atoms with Gasteiger partial charge in [0.1, 0.15) is 18.4 Å². The molecular formula is C27H29ClFN3O4S. The molecule has 3 rings (SSSR count). The zero-order valence-corrected chi connectivity index (χ0v) is 22.2. The molecule has 0 radical (unpaired) electrons. The first-order chi connectivity index (χ1) is 17.6. The van der Waals surface area contributed by atoms with Gasteiger partial charge in [-0.2, -0.15) is 0 Å². The zero-order valence-electron chi connectivity index (χ0n) is 20.6. The Bertz CT molecular complexity index is 1300. The van der Waals surface area contributed by atoms with Gasteiger partial charge in [0.25, 0.3) is 10.0 Å². The SMILES string of the molecule is CCCNC(=O)C(C)N(Cc1ccc(Cl)cc1)C(=O)CN(c1ccccc1)S(=O)(=O)c1ccc(F)cc1. The molecule has 0 aliphatic heterocycles. The number of nitrogens with zero attached hydrogens (tertiary/aromatic N) is 2. The van der Waals surface area contributed by atoms with Crippen LogP contribution in [0.2, 0.25) is 5.02 Å². The van der Waals surface area contributed by atoms with Crippen LogP contribution >= 0.6 is 11.6 Å². The molecule has 7 nitrogen and oxygen atoms in total. The van der Waals surface area contributed by atoms with Gasteiger partial charge in [-0.25, -0.2) is 12.8 Å². The van der Waals surface area contributed by atoms with Crippen LogP contribution in [-0.2, 0) is 26.2 Å². The molecule has 2 amide bonds. The van der Waals surface area contributed by atoms with Crippen molar-refractivity contribution in [2.45, 2.75) is 37.8 Å². The van der Waals surface area contributed by atoms with Gasteiger partial charge in [-0.1, -0.05) is 48.9 Å². The molecule has 0 saturated heterocycles. The Morgan fingerprint density at radius 1 is 0.973 bits per heavy atom. The van der Waals surface area contributed by atoms with Crippen molar-refractivity contribution in [3.05, 3.63) is 95.3 Å². The fourth-order valence-corrected chi connectivity index (χ4v) is 5.16. The average molecular weight is 546 g/mol. The second kappa shape index (κ2) is 12.7. The van der Waals surface area contributed by atoms with E-state index in [1.54, 1.807) is 61.5 Å². The number of carbonyl (C=O) groups excluding carboxylic acids is 2. The smallest absolute Gasteiger partial charge is 0.264 e. The molecule has 3 aromatic carbocycles. The zero-order chi connectivity index (χ0) is 27.0. The highest BCUT2D eigenvalue weighted by molar-refractivity contribution is 7.92. The monoisotopic (exact) mass is 545 g/mol. The highest BCUT2D eigenvalue weighted by Gasteiger charge is 2.32. The molecule has 1 unspecified atom stereocenters.